The number of benzene rings is 10. The highest BCUT2D eigenvalue weighted by atomic mass is 16.5. The van der Waals surface area contributed by atoms with Crippen molar-refractivity contribution >= 4 is 21.5 Å². The fraction of sp³-hybridized carbons (Fsp3) is 0.0345. The van der Waals surface area contributed by atoms with Gasteiger partial charge in [0.05, 0.1) is 10.8 Å². The first-order valence-corrected chi connectivity index (χ1v) is 20.7. The van der Waals surface area contributed by atoms with Crippen LogP contribution in [0.4, 0.5) is 0 Å². The minimum Gasteiger partial charge on any atom is -0.456 e. The summed E-state index contributed by atoms with van der Waals surface area (Å²) in [4.78, 5) is 0. The van der Waals surface area contributed by atoms with Crippen LogP contribution in [0.2, 0.25) is 0 Å². The molecule has 1 heteroatoms. The lowest BCUT2D eigenvalue weighted by molar-refractivity contribution is 0.442. The Morgan fingerprint density at radius 2 is 0.831 bits per heavy atom. The third-order valence-electron chi connectivity index (χ3n) is 14.1. The highest BCUT2D eigenvalue weighted by molar-refractivity contribution is 6.06. The van der Waals surface area contributed by atoms with Crippen molar-refractivity contribution in [2.24, 2.45) is 0 Å². The van der Waals surface area contributed by atoms with E-state index in [9.17, 15) is 0 Å². The Morgan fingerprint density at radius 1 is 0.305 bits per heavy atom. The molecule has 0 saturated carbocycles. The maximum Gasteiger partial charge on any atom is 0.140 e. The van der Waals surface area contributed by atoms with Gasteiger partial charge in [0.2, 0.25) is 0 Å². The third kappa shape index (κ3) is 3.69. The van der Waals surface area contributed by atoms with Crippen LogP contribution < -0.4 is 4.74 Å². The van der Waals surface area contributed by atoms with E-state index in [-0.39, 0.29) is 0 Å². The van der Waals surface area contributed by atoms with Crippen molar-refractivity contribution in [2.45, 2.75) is 10.8 Å². The van der Waals surface area contributed by atoms with Gasteiger partial charge < -0.3 is 4.74 Å². The zero-order valence-corrected chi connectivity index (χ0v) is 32.0. The molecule has 2 spiro atoms. The molecule has 1 atom stereocenters. The van der Waals surface area contributed by atoms with Crippen molar-refractivity contribution < 1.29 is 4.74 Å². The van der Waals surface area contributed by atoms with Gasteiger partial charge in [0.15, 0.2) is 0 Å². The summed E-state index contributed by atoms with van der Waals surface area (Å²) in [6.45, 7) is 0. The average Bonchev–Trinajstić information content (AvgIpc) is 3.90. The topological polar surface area (TPSA) is 9.23 Å². The Balaban J connectivity index is 1.08. The Morgan fingerprint density at radius 3 is 1.56 bits per heavy atom. The van der Waals surface area contributed by atoms with Crippen LogP contribution in [0.15, 0.2) is 206 Å². The molecular weight excluding hydrogens is 713 g/mol. The normalized spacial score (nSPS) is 16.5. The molecule has 10 aromatic rings. The highest BCUT2D eigenvalue weighted by Gasteiger charge is 2.54. The van der Waals surface area contributed by atoms with E-state index in [2.05, 4.69) is 206 Å². The van der Waals surface area contributed by atoms with Crippen LogP contribution in [-0.2, 0) is 10.8 Å². The molecule has 0 saturated heterocycles. The molecule has 272 valence electrons. The molecule has 0 amide bonds. The Labute approximate surface area is 342 Å². The Bertz CT molecular complexity index is 3450. The second kappa shape index (κ2) is 11.1. The van der Waals surface area contributed by atoms with Crippen LogP contribution in [0.25, 0.3) is 66.1 Å². The van der Waals surface area contributed by atoms with E-state index in [1.807, 2.05) is 0 Å². The molecule has 59 heavy (non-hydrogen) atoms. The molecule has 0 N–H and O–H groups in total. The number of hydrogen-bond acceptors (Lipinski definition) is 1. The van der Waals surface area contributed by atoms with Gasteiger partial charge in [-0.15, -0.1) is 0 Å². The second-order valence-electron chi connectivity index (χ2n) is 16.6. The molecule has 0 fully saturated rings. The molecule has 0 aromatic heterocycles. The summed E-state index contributed by atoms with van der Waals surface area (Å²) in [5.41, 5.74) is 19.6. The van der Waals surface area contributed by atoms with Crippen LogP contribution >= 0.6 is 0 Å². The van der Waals surface area contributed by atoms with E-state index in [1.54, 1.807) is 0 Å². The summed E-state index contributed by atoms with van der Waals surface area (Å²) in [7, 11) is 0. The minimum atomic E-state index is -0.574. The summed E-state index contributed by atoms with van der Waals surface area (Å²) in [6.07, 6.45) is 0. The van der Waals surface area contributed by atoms with Gasteiger partial charge in [-0.1, -0.05) is 194 Å². The van der Waals surface area contributed by atoms with Crippen LogP contribution in [-0.4, -0.2) is 0 Å². The van der Waals surface area contributed by atoms with E-state index >= 15 is 0 Å². The summed E-state index contributed by atoms with van der Waals surface area (Å²) < 4.78 is 7.14. The van der Waals surface area contributed by atoms with Crippen LogP contribution in [0.3, 0.4) is 0 Å². The number of rotatable bonds is 1. The van der Waals surface area contributed by atoms with Gasteiger partial charge >= 0.3 is 0 Å². The lowest BCUT2D eigenvalue weighted by Gasteiger charge is -2.40. The van der Waals surface area contributed by atoms with Crippen LogP contribution in [0.5, 0.6) is 11.5 Å². The third-order valence-corrected chi connectivity index (χ3v) is 14.1. The number of fused-ring (bicyclic) bond motifs is 23. The Hall–Kier alpha value is -7.48. The fourth-order valence-electron chi connectivity index (χ4n) is 12.0. The predicted molar refractivity (Wildman–Crippen MR) is 241 cm³/mol. The first-order valence-electron chi connectivity index (χ1n) is 20.7. The van der Waals surface area contributed by atoms with Crippen LogP contribution in [0, 0.1) is 0 Å². The monoisotopic (exact) mass is 746 g/mol. The molecule has 0 bridgehead atoms. The van der Waals surface area contributed by atoms with Crippen molar-refractivity contribution in [3.05, 3.63) is 251 Å². The molecule has 4 aliphatic rings. The summed E-state index contributed by atoms with van der Waals surface area (Å²) in [5.74, 6) is 1.84. The predicted octanol–water partition coefficient (Wildman–Crippen LogP) is 14.5. The Kier molecular flexibility index (Phi) is 5.96. The number of hydrogen-bond donors (Lipinski definition) is 0. The lowest BCUT2D eigenvalue weighted by atomic mass is 9.65. The average molecular weight is 747 g/mol. The SMILES string of the molecule is c1ccc2c(c1)-c1ccccc1C21c2cc(-c3cccc4c3-c3ccccc3C43c4ccccc4-c4ccc5ccccc5c43)ccc2Oc2c1ccc1ccccc21. The van der Waals surface area contributed by atoms with E-state index < -0.39 is 10.8 Å². The standard InChI is InChI=1S/C58H34O/c1-3-16-39-35(14-1)28-31-44-43-20-7-11-25-48(43)58(55(39)44)49-26-12-8-21-45(49)54-38(22-13-27-50(54)58)37-30-33-53-52(34-37)57(51-32-29-36-15-2-4-17-40(36)56(51)59-53)46-23-9-5-18-41(46)42-19-6-10-24-47(42)57/h1-34H. The van der Waals surface area contributed by atoms with Gasteiger partial charge in [-0.2, -0.15) is 0 Å². The molecule has 1 heterocycles. The van der Waals surface area contributed by atoms with E-state index in [0.29, 0.717) is 0 Å². The van der Waals surface area contributed by atoms with Crippen molar-refractivity contribution in [3.8, 4) is 56.0 Å². The molecule has 1 unspecified atom stereocenters. The van der Waals surface area contributed by atoms with Crippen molar-refractivity contribution in [2.75, 3.05) is 0 Å². The summed E-state index contributed by atoms with van der Waals surface area (Å²) in [6, 6.07) is 77.2. The molecule has 1 nitrogen and oxygen atoms in total. The largest absolute Gasteiger partial charge is 0.456 e. The molecule has 10 aromatic carbocycles. The smallest absolute Gasteiger partial charge is 0.140 e. The first-order chi connectivity index (χ1) is 29.3. The van der Waals surface area contributed by atoms with Gasteiger partial charge in [0.1, 0.15) is 11.5 Å². The molecule has 0 radical (unpaired) electrons. The quantitative estimate of drug-likeness (QED) is 0.163. The van der Waals surface area contributed by atoms with E-state index in [0.717, 1.165) is 16.9 Å². The zero-order chi connectivity index (χ0) is 38.5. The van der Waals surface area contributed by atoms with Gasteiger partial charge in [-0.25, -0.2) is 0 Å². The fourth-order valence-corrected chi connectivity index (χ4v) is 12.0. The van der Waals surface area contributed by atoms with Gasteiger partial charge in [0.25, 0.3) is 0 Å². The summed E-state index contributed by atoms with van der Waals surface area (Å²) >= 11 is 0. The minimum absolute atomic E-state index is 0.462. The van der Waals surface area contributed by atoms with Crippen LogP contribution in [0.1, 0.15) is 44.5 Å². The first kappa shape index (κ1) is 31.6. The highest BCUT2D eigenvalue weighted by Crippen LogP contribution is 2.67. The molecule has 1 aliphatic heterocycles. The van der Waals surface area contributed by atoms with E-state index in [1.165, 1.54) is 105 Å². The maximum atomic E-state index is 7.14. The van der Waals surface area contributed by atoms with Gasteiger partial charge in [-0.05, 0) is 106 Å². The van der Waals surface area contributed by atoms with Gasteiger partial charge in [0, 0.05) is 16.5 Å². The summed E-state index contributed by atoms with van der Waals surface area (Å²) in [5, 5.41) is 4.89. The van der Waals surface area contributed by atoms with Crippen molar-refractivity contribution in [1.29, 1.82) is 0 Å². The second-order valence-corrected chi connectivity index (χ2v) is 16.6. The molecule has 14 rings (SSSR count). The molecular formula is C58H34O. The van der Waals surface area contributed by atoms with E-state index in [4.69, 9.17) is 4.74 Å². The van der Waals surface area contributed by atoms with Gasteiger partial charge in [-0.3, -0.25) is 0 Å². The molecule has 3 aliphatic carbocycles. The zero-order valence-electron chi connectivity index (χ0n) is 32.0. The lowest BCUT2D eigenvalue weighted by Crippen LogP contribution is -2.32. The number of ether oxygens (including phenoxy) is 1. The maximum absolute atomic E-state index is 7.14. The van der Waals surface area contributed by atoms with Crippen molar-refractivity contribution in [3.63, 3.8) is 0 Å². The van der Waals surface area contributed by atoms with Crippen molar-refractivity contribution in [1.82, 2.24) is 0 Å².